The van der Waals surface area contributed by atoms with E-state index in [0.717, 1.165) is 17.7 Å². The van der Waals surface area contributed by atoms with Crippen LogP contribution in [0.1, 0.15) is 31.8 Å². The summed E-state index contributed by atoms with van der Waals surface area (Å²) in [5, 5.41) is 6.23. The zero-order chi connectivity index (χ0) is 21.6. The van der Waals surface area contributed by atoms with E-state index in [0.29, 0.717) is 0 Å². The molecule has 0 atom stereocenters. The van der Waals surface area contributed by atoms with Gasteiger partial charge in [-0.1, -0.05) is 12.1 Å². The second-order valence-electron chi connectivity index (χ2n) is 6.05. The number of nitrogens with one attached hydrogen (secondary N) is 2. The summed E-state index contributed by atoms with van der Waals surface area (Å²) in [5.41, 5.74) is 2.10. The second-order valence-corrected chi connectivity index (χ2v) is 6.05. The van der Waals surface area contributed by atoms with Crippen molar-refractivity contribution < 1.29 is 22.8 Å². The highest BCUT2D eigenvalue weighted by Gasteiger charge is 2.34. The van der Waals surface area contributed by atoms with Gasteiger partial charge in [0.2, 0.25) is 0 Å². The molecule has 0 spiro atoms. The first-order valence-electron chi connectivity index (χ1n) is 8.65. The zero-order valence-electron chi connectivity index (χ0n) is 15.4. The highest BCUT2D eigenvalue weighted by molar-refractivity contribution is 6.05. The number of hydrazone groups is 1. The predicted octanol–water partition coefficient (Wildman–Crippen LogP) is 4.12. The smallest absolute Gasteiger partial charge is 0.322 e. The Morgan fingerprint density at radius 2 is 1.57 bits per heavy atom. The van der Waals surface area contributed by atoms with Gasteiger partial charge in [-0.3, -0.25) is 14.6 Å². The molecule has 2 N–H and O–H groups in total. The third kappa shape index (κ3) is 5.28. The molecule has 2 amide bonds. The fourth-order valence-corrected chi connectivity index (χ4v) is 2.51. The molecule has 3 aromatic rings. The van der Waals surface area contributed by atoms with E-state index in [1.54, 1.807) is 24.5 Å². The molecule has 9 heteroatoms. The Kier molecular flexibility index (Phi) is 6.21. The number of anilines is 1. The van der Waals surface area contributed by atoms with Gasteiger partial charge < -0.3 is 5.32 Å². The van der Waals surface area contributed by atoms with Crippen LogP contribution in [0.2, 0.25) is 0 Å². The van der Waals surface area contributed by atoms with Crippen LogP contribution in [0.25, 0.3) is 0 Å². The number of alkyl halides is 3. The maximum atomic E-state index is 13.1. The molecule has 1 aromatic heterocycles. The minimum absolute atomic E-state index is 0.244. The van der Waals surface area contributed by atoms with Gasteiger partial charge in [0.1, 0.15) is 0 Å². The molecule has 0 radical (unpaired) electrons. The number of rotatable bonds is 5. The topological polar surface area (TPSA) is 83.4 Å². The van der Waals surface area contributed by atoms with Gasteiger partial charge in [0.15, 0.2) is 0 Å². The fourth-order valence-electron chi connectivity index (χ4n) is 2.51. The van der Waals surface area contributed by atoms with E-state index in [1.165, 1.54) is 42.6 Å². The van der Waals surface area contributed by atoms with Crippen LogP contribution in [0.15, 0.2) is 78.2 Å². The third-order valence-corrected chi connectivity index (χ3v) is 3.97. The number of benzene rings is 2. The molecule has 0 saturated carbocycles. The number of carbonyl (C=O) groups is 2. The van der Waals surface area contributed by atoms with Crippen LogP contribution < -0.4 is 10.7 Å². The van der Waals surface area contributed by atoms with Crippen molar-refractivity contribution in [2.45, 2.75) is 6.18 Å². The fraction of sp³-hybridized carbons (Fsp3) is 0.0476. The van der Waals surface area contributed by atoms with Crippen molar-refractivity contribution in [1.29, 1.82) is 0 Å². The number of halogens is 3. The van der Waals surface area contributed by atoms with Crippen molar-refractivity contribution >= 4 is 23.7 Å². The Hall–Kier alpha value is -4.01. The highest BCUT2D eigenvalue weighted by atomic mass is 19.4. The summed E-state index contributed by atoms with van der Waals surface area (Å²) in [5.74, 6) is -1.39. The minimum Gasteiger partial charge on any atom is -0.322 e. The monoisotopic (exact) mass is 412 g/mol. The normalized spacial score (nSPS) is 11.3. The van der Waals surface area contributed by atoms with Crippen LogP contribution in [0, 0.1) is 0 Å². The first-order valence-corrected chi connectivity index (χ1v) is 8.65. The van der Waals surface area contributed by atoms with E-state index in [1.807, 2.05) is 0 Å². The average molecular weight is 412 g/mol. The lowest BCUT2D eigenvalue weighted by Crippen LogP contribution is -2.19. The summed E-state index contributed by atoms with van der Waals surface area (Å²) in [6.45, 7) is 0. The highest BCUT2D eigenvalue weighted by Crippen LogP contribution is 2.32. The van der Waals surface area contributed by atoms with Gasteiger partial charge in [-0.05, 0) is 54.1 Å². The molecule has 0 fully saturated rings. The van der Waals surface area contributed by atoms with E-state index >= 15 is 0 Å². The molecule has 6 nitrogen and oxygen atoms in total. The van der Waals surface area contributed by atoms with Gasteiger partial charge in [-0.15, -0.1) is 0 Å². The Bertz CT molecular complexity index is 1070. The van der Waals surface area contributed by atoms with Crippen molar-refractivity contribution in [3.8, 4) is 0 Å². The quantitative estimate of drug-likeness (QED) is 0.489. The minimum atomic E-state index is -4.65. The summed E-state index contributed by atoms with van der Waals surface area (Å²) >= 11 is 0. The number of aromatic nitrogens is 1. The number of carbonyl (C=O) groups excluding carboxylic acids is 2. The molecular formula is C21H15F3N4O2. The lowest BCUT2D eigenvalue weighted by atomic mass is 10.1. The van der Waals surface area contributed by atoms with Crippen molar-refractivity contribution in [1.82, 2.24) is 10.4 Å². The molecular weight excluding hydrogens is 397 g/mol. The Morgan fingerprint density at radius 3 is 2.23 bits per heavy atom. The number of pyridine rings is 1. The molecule has 0 saturated heterocycles. The van der Waals surface area contributed by atoms with Crippen LogP contribution in [0.4, 0.5) is 18.9 Å². The SMILES string of the molecule is O=C(N/N=C/c1ccncc1)c1ccc(NC(=O)c2ccccc2C(F)(F)F)cc1. The van der Waals surface area contributed by atoms with E-state index in [9.17, 15) is 22.8 Å². The standard InChI is InChI=1S/C21H15F3N4O2/c22-21(23,24)18-4-2-1-3-17(18)20(30)27-16-7-5-15(6-8-16)19(29)28-26-13-14-9-11-25-12-10-14/h1-13H,(H,27,30)(H,28,29)/b26-13+. The molecule has 0 bridgehead atoms. The Balaban J connectivity index is 1.64. The molecule has 30 heavy (non-hydrogen) atoms. The predicted molar refractivity (Wildman–Crippen MR) is 105 cm³/mol. The first-order chi connectivity index (χ1) is 14.3. The summed E-state index contributed by atoms with van der Waals surface area (Å²) in [7, 11) is 0. The van der Waals surface area contributed by atoms with E-state index in [4.69, 9.17) is 0 Å². The molecule has 0 aliphatic rings. The van der Waals surface area contributed by atoms with Crippen molar-refractivity contribution in [3.63, 3.8) is 0 Å². The number of hydrogen-bond donors (Lipinski definition) is 2. The average Bonchev–Trinajstić information content (AvgIpc) is 2.74. The Morgan fingerprint density at radius 1 is 0.900 bits per heavy atom. The van der Waals surface area contributed by atoms with Crippen LogP contribution in [0.3, 0.4) is 0 Å². The molecule has 0 aliphatic carbocycles. The summed E-state index contributed by atoms with van der Waals surface area (Å²) in [4.78, 5) is 28.2. The van der Waals surface area contributed by atoms with Gasteiger partial charge in [0, 0.05) is 23.6 Å². The van der Waals surface area contributed by atoms with Gasteiger partial charge in [-0.25, -0.2) is 5.43 Å². The molecule has 2 aromatic carbocycles. The van der Waals surface area contributed by atoms with Gasteiger partial charge in [-0.2, -0.15) is 18.3 Å². The van der Waals surface area contributed by atoms with E-state index in [-0.39, 0.29) is 11.3 Å². The van der Waals surface area contributed by atoms with Gasteiger partial charge in [0.05, 0.1) is 17.3 Å². The Labute approximate surface area is 169 Å². The van der Waals surface area contributed by atoms with Gasteiger partial charge >= 0.3 is 6.18 Å². The first kappa shape index (κ1) is 20.7. The maximum absolute atomic E-state index is 13.1. The second kappa shape index (κ2) is 8.99. The maximum Gasteiger partial charge on any atom is 0.417 e. The summed E-state index contributed by atoms with van der Waals surface area (Å²) < 4.78 is 39.2. The van der Waals surface area contributed by atoms with Gasteiger partial charge in [0.25, 0.3) is 11.8 Å². The zero-order valence-corrected chi connectivity index (χ0v) is 15.4. The number of amides is 2. The largest absolute Gasteiger partial charge is 0.417 e. The van der Waals surface area contributed by atoms with E-state index < -0.39 is 29.1 Å². The van der Waals surface area contributed by atoms with Crippen LogP contribution in [-0.4, -0.2) is 23.0 Å². The number of nitrogens with zero attached hydrogens (tertiary/aromatic N) is 2. The molecule has 0 aliphatic heterocycles. The van der Waals surface area contributed by atoms with Crippen LogP contribution in [-0.2, 0) is 6.18 Å². The summed E-state index contributed by atoms with van der Waals surface area (Å²) in [6.07, 6.45) is -0.0223. The van der Waals surface area contributed by atoms with Crippen LogP contribution in [0.5, 0.6) is 0 Å². The third-order valence-electron chi connectivity index (χ3n) is 3.97. The van der Waals surface area contributed by atoms with Crippen molar-refractivity contribution in [2.24, 2.45) is 5.10 Å². The van der Waals surface area contributed by atoms with Crippen LogP contribution >= 0.6 is 0 Å². The molecule has 1 heterocycles. The molecule has 3 rings (SSSR count). The van der Waals surface area contributed by atoms with E-state index in [2.05, 4.69) is 20.8 Å². The number of hydrogen-bond acceptors (Lipinski definition) is 4. The lowest BCUT2D eigenvalue weighted by Gasteiger charge is -2.12. The molecule has 152 valence electrons. The summed E-state index contributed by atoms with van der Waals surface area (Å²) in [6, 6.07) is 13.6. The molecule has 0 unspecified atom stereocenters. The van der Waals surface area contributed by atoms with Crippen molar-refractivity contribution in [3.05, 3.63) is 95.3 Å². The van der Waals surface area contributed by atoms with Crippen molar-refractivity contribution in [2.75, 3.05) is 5.32 Å². The lowest BCUT2D eigenvalue weighted by molar-refractivity contribution is -0.137.